The van der Waals surface area contributed by atoms with Gasteiger partial charge in [-0.15, -0.1) is 0 Å². The summed E-state index contributed by atoms with van der Waals surface area (Å²) in [4.78, 5) is 20.8. The SMILES string of the molecule is O=C(OCI)OC1=CC=C([N+](=O)[O-])CC1. The van der Waals surface area contributed by atoms with Gasteiger partial charge in [-0.2, -0.15) is 0 Å². The van der Waals surface area contributed by atoms with E-state index in [1.807, 2.05) is 22.6 Å². The van der Waals surface area contributed by atoms with E-state index < -0.39 is 11.1 Å². The van der Waals surface area contributed by atoms with Crippen LogP contribution in [0.5, 0.6) is 0 Å². The van der Waals surface area contributed by atoms with Crippen LogP contribution in [-0.2, 0) is 9.47 Å². The molecule has 0 radical (unpaired) electrons. The van der Waals surface area contributed by atoms with Crippen LogP contribution in [-0.4, -0.2) is 15.7 Å². The number of ether oxygens (including phenoxy) is 2. The summed E-state index contributed by atoms with van der Waals surface area (Å²) in [5, 5.41) is 10.4. The fraction of sp³-hybridized carbons (Fsp3) is 0.375. The van der Waals surface area contributed by atoms with E-state index >= 15 is 0 Å². The molecule has 0 aromatic heterocycles. The Kier molecular flexibility index (Phi) is 4.53. The molecule has 0 saturated heterocycles. The molecular formula is C8H8INO5. The lowest BCUT2D eigenvalue weighted by molar-refractivity contribution is -0.428. The lowest BCUT2D eigenvalue weighted by Crippen LogP contribution is -2.09. The molecule has 0 N–H and O–H groups in total. The highest BCUT2D eigenvalue weighted by atomic mass is 127. The average molecular weight is 325 g/mol. The first-order valence-electron chi connectivity index (χ1n) is 4.08. The van der Waals surface area contributed by atoms with Crippen LogP contribution >= 0.6 is 22.6 Å². The number of hydrogen-bond acceptors (Lipinski definition) is 5. The molecule has 1 aliphatic carbocycles. The second-order valence-corrected chi connectivity index (χ2v) is 3.28. The zero-order valence-electron chi connectivity index (χ0n) is 7.64. The van der Waals surface area contributed by atoms with E-state index in [1.165, 1.54) is 12.2 Å². The highest BCUT2D eigenvalue weighted by Crippen LogP contribution is 2.19. The second kappa shape index (κ2) is 5.69. The lowest BCUT2D eigenvalue weighted by atomic mass is 10.1. The first-order chi connectivity index (χ1) is 7.13. The largest absolute Gasteiger partial charge is 0.514 e. The maximum atomic E-state index is 10.9. The number of hydrogen-bond donors (Lipinski definition) is 0. The first kappa shape index (κ1) is 12.0. The van der Waals surface area contributed by atoms with E-state index in [-0.39, 0.29) is 16.7 Å². The Labute approximate surface area is 99.2 Å². The maximum absolute atomic E-state index is 10.9. The molecule has 0 aliphatic heterocycles. The van der Waals surface area contributed by atoms with Crippen molar-refractivity contribution in [2.45, 2.75) is 12.8 Å². The predicted molar refractivity (Wildman–Crippen MR) is 58.8 cm³/mol. The summed E-state index contributed by atoms with van der Waals surface area (Å²) >= 11 is 1.86. The molecule has 0 heterocycles. The van der Waals surface area contributed by atoms with Gasteiger partial charge in [-0.05, 0) is 28.7 Å². The summed E-state index contributed by atoms with van der Waals surface area (Å²) < 4.78 is 9.54. The van der Waals surface area contributed by atoms with Crippen LogP contribution in [0.2, 0.25) is 0 Å². The van der Waals surface area contributed by atoms with Gasteiger partial charge in [-0.3, -0.25) is 10.1 Å². The topological polar surface area (TPSA) is 78.7 Å². The number of nitrogens with zero attached hydrogens (tertiary/aromatic N) is 1. The van der Waals surface area contributed by atoms with E-state index in [9.17, 15) is 14.9 Å². The van der Waals surface area contributed by atoms with Gasteiger partial charge in [0, 0.05) is 18.9 Å². The van der Waals surface area contributed by atoms with Gasteiger partial charge in [0.25, 0.3) is 0 Å². The van der Waals surface area contributed by atoms with Crippen LogP contribution in [0.25, 0.3) is 0 Å². The fourth-order valence-electron chi connectivity index (χ4n) is 1.03. The van der Waals surface area contributed by atoms with Crippen LogP contribution in [0, 0.1) is 10.1 Å². The molecule has 0 unspecified atom stereocenters. The van der Waals surface area contributed by atoms with E-state index in [1.54, 1.807) is 0 Å². The van der Waals surface area contributed by atoms with Crippen molar-refractivity contribution in [2.75, 3.05) is 4.61 Å². The van der Waals surface area contributed by atoms with Crippen molar-refractivity contribution in [1.29, 1.82) is 0 Å². The van der Waals surface area contributed by atoms with Crippen molar-refractivity contribution >= 4 is 28.7 Å². The molecule has 0 bridgehead atoms. The Morgan fingerprint density at radius 2 is 2.27 bits per heavy atom. The van der Waals surface area contributed by atoms with Gasteiger partial charge in [0.15, 0.2) is 0 Å². The third-order valence-electron chi connectivity index (χ3n) is 1.71. The Morgan fingerprint density at radius 3 is 2.73 bits per heavy atom. The Morgan fingerprint density at radius 1 is 1.53 bits per heavy atom. The molecule has 0 spiro atoms. The molecule has 0 aromatic rings. The summed E-state index contributed by atoms with van der Waals surface area (Å²) in [5.41, 5.74) is 0.115. The molecule has 15 heavy (non-hydrogen) atoms. The lowest BCUT2D eigenvalue weighted by Gasteiger charge is -2.09. The molecule has 1 aliphatic rings. The van der Waals surface area contributed by atoms with E-state index in [0.717, 1.165) is 0 Å². The molecule has 82 valence electrons. The van der Waals surface area contributed by atoms with Crippen molar-refractivity contribution in [2.24, 2.45) is 0 Å². The number of allylic oxidation sites excluding steroid dienone is 4. The van der Waals surface area contributed by atoms with Gasteiger partial charge < -0.3 is 9.47 Å². The quantitative estimate of drug-likeness (QED) is 0.262. The van der Waals surface area contributed by atoms with Crippen LogP contribution in [0.15, 0.2) is 23.6 Å². The van der Waals surface area contributed by atoms with E-state index in [0.29, 0.717) is 12.2 Å². The zero-order valence-corrected chi connectivity index (χ0v) is 9.80. The van der Waals surface area contributed by atoms with Crippen molar-refractivity contribution in [3.63, 3.8) is 0 Å². The second-order valence-electron chi connectivity index (χ2n) is 2.65. The van der Waals surface area contributed by atoms with Gasteiger partial charge in [-0.1, -0.05) is 0 Å². The molecule has 0 fully saturated rings. The van der Waals surface area contributed by atoms with Crippen LogP contribution < -0.4 is 0 Å². The van der Waals surface area contributed by atoms with E-state index in [4.69, 9.17) is 4.74 Å². The van der Waals surface area contributed by atoms with Crippen molar-refractivity contribution in [3.8, 4) is 0 Å². The Balaban J connectivity index is 2.53. The van der Waals surface area contributed by atoms with Crippen molar-refractivity contribution in [3.05, 3.63) is 33.7 Å². The number of carbonyl (C=O) groups is 1. The van der Waals surface area contributed by atoms with Crippen molar-refractivity contribution in [1.82, 2.24) is 0 Å². The van der Waals surface area contributed by atoms with Gasteiger partial charge in [-0.25, -0.2) is 4.79 Å². The van der Waals surface area contributed by atoms with Crippen molar-refractivity contribution < 1.29 is 19.2 Å². The Bertz CT molecular complexity index is 336. The monoisotopic (exact) mass is 325 g/mol. The minimum absolute atomic E-state index is 0.115. The summed E-state index contributed by atoms with van der Waals surface area (Å²) in [6.45, 7) is 0. The maximum Gasteiger partial charge on any atom is 0.514 e. The van der Waals surface area contributed by atoms with Crippen LogP contribution in [0.4, 0.5) is 4.79 Å². The van der Waals surface area contributed by atoms with Gasteiger partial charge in [0.2, 0.25) is 5.70 Å². The van der Waals surface area contributed by atoms with Gasteiger partial charge in [0.05, 0.1) is 4.92 Å². The molecule has 0 atom stereocenters. The van der Waals surface area contributed by atoms with Gasteiger partial charge >= 0.3 is 6.16 Å². The number of halogens is 1. The number of nitro groups is 1. The average Bonchev–Trinajstić information content (AvgIpc) is 2.18. The highest BCUT2D eigenvalue weighted by molar-refractivity contribution is 14.1. The number of carbonyl (C=O) groups excluding carboxylic acids is 1. The molecule has 0 aromatic carbocycles. The standard InChI is InChI=1S/C8H8INO5/c9-5-14-8(11)15-7-3-1-6(2-4-7)10(12)13/h1,3H,2,4-5H2. The minimum atomic E-state index is -0.784. The minimum Gasteiger partial charge on any atom is -0.423 e. The number of rotatable bonds is 3. The fourth-order valence-corrected chi connectivity index (χ4v) is 1.28. The molecule has 0 saturated carbocycles. The predicted octanol–water partition coefficient (Wildman–Crippen LogP) is 2.37. The zero-order chi connectivity index (χ0) is 11.3. The normalized spacial score (nSPS) is 15.0. The van der Waals surface area contributed by atoms with Gasteiger partial charge in [0.1, 0.15) is 10.4 Å². The smallest absolute Gasteiger partial charge is 0.423 e. The molecule has 7 heteroatoms. The molecule has 6 nitrogen and oxygen atoms in total. The highest BCUT2D eigenvalue weighted by Gasteiger charge is 2.17. The summed E-state index contributed by atoms with van der Waals surface area (Å²) in [7, 11) is 0. The first-order valence-corrected chi connectivity index (χ1v) is 5.60. The molecule has 1 rings (SSSR count). The third-order valence-corrected chi connectivity index (χ3v) is 2.02. The van der Waals surface area contributed by atoms with E-state index in [2.05, 4.69) is 4.74 Å². The third kappa shape index (κ3) is 3.86. The summed E-state index contributed by atoms with van der Waals surface area (Å²) in [6, 6.07) is 0. The molecule has 0 amide bonds. The Hall–Kier alpha value is -1.12. The molecular weight excluding hydrogens is 317 g/mol. The summed E-state index contributed by atoms with van der Waals surface area (Å²) in [5.74, 6) is 0.385. The van der Waals surface area contributed by atoms with Crippen LogP contribution in [0.1, 0.15) is 12.8 Å². The van der Waals surface area contributed by atoms with Crippen LogP contribution in [0.3, 0.4) is 0 Å². The summed E-state index contributed by atoms with van der Waals surface area (Å²) in [6.07, 6.45) is 2.56. The number of alkyl halides is 1.